The SMILES string of the molecule is CCC(C)c1ccnc(-c2ccccc2)c1S(=O)(=O)Nc1ncc(C)nc1OC. The number of rotatable bonds is 7. The van der Waals surface area contributed by atoms with Gasteiger partial charge in [0.25, 0.3) is 15.9 Å². The first-order valence-electron chi connectivity index (χ1n) is 9.32. The largest absolute Gasteiger partial charge is 0.478 e. The minimum absolute atomic E-state index is 0.0260. The molecule has 0 aliphatic carbocycles. The summed E-state index contributed by atoms with van der Waals surface area (Å²) in [4.78, 5) is 12.9. The number of aryl methyl sites for hydroxylation is 1. The molecule has 8 heteroatoms. The van der Waals surface area contributed by atoms with E-state index < -0.39 is 10.0 Å². The summed E-state index contributed by atoms with van der Waals surface area (Å²) >= 11 is 0. The number of methoxy groups -OCH3 is 1. The van der Waals surface area contributed by atoms with Crippen LogP contribution in [0.5, 0.6) is 5.88 Å². The molecule has 3 rings (SSSR count). The number of hydrogen-bond acceptors (Lipinski definition) is 6. The van der Waals surface area contributed by atoms with E-state index in [1.165, 1.54) is 13.3 Å². The molecular formula is C21H24N4O3S. The maximum absolute atomic E-state index is 13.5. The van der Waals surface area contributed by atoms with Gasteiger partial charge in [-0.25, -0.2) is 18.4 Å². The molecule has 7 nitrogen and oxygen atoms in total. The molecular weight excluding hydrogens is 388 g/mol. The lowest BCUT2D eigenvalue weighted by Gasteiger charge is -2.19. The number of sulfonamides is 1. The molecule has 2 aromatic heterocycles. The van der Waals surface area contributed by atoms with Gasteiger partial charge < -0.3 is 4.74 Å². The van der Waals surface area contributed by atoms with Gasteiger partial charge in [0.05, 0.1) is 24.7 Å². The molecule has 0 saturated heterocycles. The molecule has 0 amide bonds. The van der Waals surface area contributed by atoms with Gasteiger partial charge >= 0.3 is 0 Å². The van der Waals surface area contributed by atoms with Gasteiger partial charge in [-0.3, -0.25) is 9.71 Å². The second-order valence-corrected chi connectivity index (χ2v) is 8.35. The molecule has 0 aliphatic rings. The molecule has 1 N–H and O–H groups in total. The molecule has 0 saturated carbocycles. The summed E-state index contributed by atoms with van der Waals surface area (Å²) in [7, 11) is -2.60. The zero-order valence-electron chi connectivity index (χ0n) is 16.9. The van der Waals surface area contributed by atoms with E-state index in [0.29, 0.717) is 17.0 Å². The number of nitrogens with zero attached hydrogens (tertiary/aromatic N) is 3. The minimum Gasteiger partial charge on any atom is -0.478 e. The van der Waals surface area contributed by atoms with Gasteiger partial charge in [0.15, 0.2) is 0 Å². The summed E-state index contributed by atoms with van der Waals surface area (Å²) < 4.78 is 34.8. The topological polar surface area (TPSA) is 94.1 Å². The van der Waals surface area contributed by atoms with Gasteiger partial charge in [0.2, 0.25) is 5.82 Å². The van der Waals surface area contributed by atoms with Crippen molar-refractivity contribution < 1.29 is 13.2 Å². The number of benzene rings is 1. The van der Waals surface area contributed by atoms with Crippen molar-refractivity contribution >= 4 is 15.8 Å². The monoisotopic (exact) mass is 412 g/mol. The van der Waals surface area contributed by atoms with Crippen LogP contribution in [0.1, 0.15) is 37.4 Å². The Morgan fingerprint density at radius 2 is 1.86 bits per heavy atom. The van der Waals surface area contributed by atoms with Crippen LogP contribution in [0.15, 0.2) is 53.7 Å². The van der Waals surface area contributed by atoms with Crippen molar-refractivity contribution in [1.82, 2.24) is 15.0 Å². The van der Waals surface area contributed by atoms with Gasteiger partial charge in [-0.15, -0.1) is 0 Å². The average Bonchev–Trinajstić information content (AvgIpc) is 2.74. The number of aromatic nitrogens is 3. The standard InChI is InChI=1S/C21H24N4O3S/c1-5-14(2)17-11-12-22-18(16-9-7-6-8-10-16)19(17)29(26,27)25-20-21(28-4)24-15(3)13-23-20/h6-14H,5H2,1-4H3,(H,23,25). The number of anilines is 1. The fourth-order valence-corrected chi connectivity index (χ4v) is 4.50. The fourth-order valence-electron chi connectivity index (χ4n) is 3.00. The second-order valence-electron chi connectivity index (χ2n) is 6.73. The summed E-state index contributed by atoms with van der Waals surface area (Å²) in [5.41, 5.74) is 2.44. The van der Waals surface area contributed by atoms with Crippen LogP contribution >= 0.6 is 0 Å². The minimum atomic E-state index is -4.02. The van der Waals surface area contributed by atoms with Crippen LogP contribution in [0, 0.1) is 6.92 Å². The predicted octanol–water partition coefficient (Wildman–Crippen LogP) is 4.17. The van der Waals surface area contributed by atoms with Crippen molar-refractivity contribution in [3.8, 4) is 17.1 Å². The molecule has 3 aromatic rings. The number of nitrogens with one attached hydrogen (secondary N) is 1. The quantitative estimate of drug-likeness (QED) is 0.626. The first-order chi connectivity index (χ1) is 13.9. The lowest BCUT2D eigenvalue weighted by Crippen LogP contribution is -2.19. The van der Waals surface area contributed by atoms with Crippen LogP contribution in [-0.2, 0) is 10.0 Å². The smallest absolute Gasteiger partial charge is 0.265 e. The maximum atomic E-state index is 13.5. The van der Waals surface area contributed by atoms with Crippen molar-refractivity contribution in [1.29, 1.82) is 0 Å². The molecule has 0 bridgehead atoms. The van der Waals surface area contributed by atoms with Crippen molar-refractivity contribution in [2.45, 2.75) is 38.0 Å². The normalized spacial score (nSPS) is 12.4. The van der Waals surface area contributed by atoms with E-state index in [0.717, 1.165) is 12.0 Å². The van der Waals surface area contributed by atoms with E-state index in [-0.39, 0.29) is 22.5 Å². The van der Waals surface area contributed by atoms with Crippen molar-refractivity contribution in [3.05, 3.63) is 60.0 Å². The third-order valence-electron chi connectivity index (χ3n) is 4.68. The lowest BCUT2D eigenvalue weighted by molar-refractivity contribution is 0.397. The van der Waals surface area contributed by atoms with E-state index in [9.17, 15) is 8.42 Å². The Morgan fingerprint density at radius 3 is 2.52 bits per heavy atom. The Morgan fingerprint density at radius 1 is 1.14 bits per heavy atom. The van der Waals surface area contributed by atoms with Crippen LogP contribution in [0.3, 0.4) is 0 Å². The van der Waals surface area contributed by atoms with Gasteiger partial charge in [-0.1, -0.05) is 44.2 Å². The summed E-state index contributed by atoms with van der Waals surface area (Å²) in [5, 5.41) is 0. The first kappa shape index (κ1) is 20.7. The van der Waals surface area contributed by atoms with Gasteiger partial charge in [-0.2, -0.15) is 0 Å². The lowest BCUT2D eigenvalue weighted by atomic mass is 9.97. The fraction of sp³-hybridized carbons (Fsp3) is 0.286. The first-order valence-corrected chi connectivity index (χ1v) is 10.8. The molecule has 29 heavy (non-hydrogen) atoms. The van der Waals surface area contributed by atoms with Crippen molar-refractivity contribution in [3.63, 3.8) is 0 Å². The Kier molecular flexibility index (Phi) is 6.12. The third kappa shape index (κ3) is 4.37. The van der Waals surface area contributed by atoms with Crippen LogP contribution < -0.4 is 9.46 Å². The zero-order valence-corrected chi connectivity index (χ0v) is 17.7. The van der Waals surface area contributed by atoms with E-state index in [1.54, 1.807) is 19.2 Å². The molecule has 0 radical (unpaired) electrons. The predicted molar refractivity (Wildman–Crippen MR) is 113 cm³/mol. The highest BCUT2D eigenvalue weighted by atomic mass is 32.2. The molecule has 1 atom stereocenters. The van der Waals surface area contributed by atoms with Gasteiger partial charge in [0, 0.05) is 11.8 Å². The average molecular weight is 413 g/mol. The Balaban J connectivity index is 2.20. The maximum Gasteiger partial charge on any atom is 0.265 e. The summed E-state index contributed by atoms with van der Waals surface area (Å²) in [5.74, 6) is 0.179. The molecule has 0 spiro atoms. The summed E-state index contributed by atoms with van der Waals surface area (Å²) in [6, 6.07) is 11.0. The highest BCUT2D eigenvalue weighted by Crippen LogP contribution is 2.35. The van der Waals surface area contributed by atoms with Gasteiger partial charge in [0.1, 0.15) is 4.90 Å². The van der Waals surface area contributed by atoms with Crippen molar-refractivity contribution in [2.75, 3.05) is 11.8 Å². The number of hydrogen-bond donors (Lipinski definition) is 1. The third-order valence-corrected chi connectivity index (χ3v) is 6.11. The molecule has 152 valence electrons. The molecule has 0 fully saturated rings. The molecule has 0 aliphatic heterocycles. The van der Waals surface area contributed by atoms with E-state index in [2.05, 4.69) is 19.7 Å². The summed E-state index contributed by atoms with van der Waals surface area (Å²) in [6.07, 6.45) is 3.92. The van der Waals surface area contributed by atoms with Crippen LogP contribution in [-0.4, -0.2) is 30.5 Å². The van der Waals surface area contributed by atoms with Crippen LogP contribution in [0.25, 0.3) is 11.3 Å². The van der Waals surface area contributed by atoms with E-state index in [1.807, 2.05) is 44.2 Å². The highest BCUT2D eigenvalue weighted by Gasteiger charge is 2.28. The Labute approximate surface area is 171 Å². The van der Waals surface area contributed by atoms with E-state index >= 15 is 0 Å². The molecule has 2 heterocycles. The number of pyridine rings is 1. The second kappa shape index (κ2) is 8.57. The number of ether oxygens (including phenoxy) is 1. The molecule has 1 unspecified atom stereocenters. The van der Waals surface area contributed by atoms with Crippen LogP contribution in [0.2, 0.25) is 0 Å². The Hall–Kier alpha value is -3.00. The highest BCUT2D eigenvalue weighted by molar-refractivity contribution is 7.93. The van der Waals surface area contributed by atoms with Crippen molar-refractivity contribution in [2.24, 2.45) is 0 Å². The van der Waals surface area contributed by atoms with Crippen LogP contribution in [0.4, 0.5) is 5.82 Å². The summed E-state index contributed by atoms with van der Waals surface area (Å²) in [6.45, 7) is 5.77. The molecule has 1 aromatic carbocycles. The zero-order chi connectivity index (χ0) is 21.0. The Bertz CT molecular complexity index is 1100. The van der Waals surface area contributed by atoms with Gasteiger partial charge in [-0.05, 0) is 30.9 Å². The van der Waals surface area contributed by atoms with E-state index in [4.69, 9.17) is 4.74 Å².